The minimum Gasteiger partial charge on any atom is -0.388 e. The molecule has 0 radical (unpaired) electrons. The van der Waals surface area contributed by atoms with Gasteiger partial charge in [-0.05, 0) is 47.9 Å². The van der Waals surface area contributed by atoms with Gasteiger partial charge in [-0.25, -0.2) is 0 Å². The first-order chi connectivity index (χ1) is 10.4. The van der Waals surface area contributed by atoms with Crippen LogP contribution in [0.25, 0.3) is 5.57 Å². The molecule has 0 aliphatic heterocycles. The molecule has 2 rings (SSSR count). The minimum atomic E-state index is 0.0974. The molecule has 0 saturated heterocycles. The van der Waals surface area contributed by atoms with Crippen molar-refractivity contribution in [3.63, 3.8) is 0 Å². The van der Waals surface area contributed by atoms with Crippen molar-refractivity contribution in [1.82, 2.24) is 0 Å². The summed E-state index contributed by atoms with van der Waals surface area (Å²) >= 11 is 0. The molecule has 1 aliphatic carbocycles. The monoisotopic (exact) mass is 297 g/mol. The van der Waals surface area contributed by atoms with Crippen LogP contribution >= 0.6 is 0 Å². The Morgan fingerprint density at radius 3 is 2.23 bits per heavy atom. The van der Waals surface area contributed by atoms with Gasteiger partial charge in [-0.2, -0.15) is 0 Å². The lowest BCUT2D eigenvalue weighted by Gasteiger charge is -2.46. The van der Waals surface area contributed by atoms with Crippen LogP contribution < -0.4 is 5.32 Å². The van der Waals surface area contributed by atoms with Crippen LogP contribution in [-0.4, -0.2) is 7.05 Å². The number of benzene rings is 1. The summed E-state index contributed by atoms with van der Waals surface area (Å²) in [6.07, 6.45) is 8.40. The van der Waals surface area contributed by atoms with Gasteiger partial charge in [-0.3, -0.25) is 0 Å². The first-order valence-electron chi connectivity index (χ1n) is 8.59. The van der Waals surface area contributed by atoms with Crippen molar-refractivity contribution in [3.05, 3.63) is 47.6 Å². The lowest BCUT2D eigenvalue weighted by atomic mass is 9.58. The van der Waals surface area contributed by atoms with E-state index in [9.17, 15) is 0 Å². The average molecular weight is 297 g/mol. The van der Waals surface area contributed by atoms with E-state index in [0.29, 0.717) is 5.41 Å². The number of anilines is 1. The molecule has 1 aromatic carbocycles. The van der Waals surface area contributed by atoms with E-state index in [0.717, 1.165) is 12.8 Å². The van der Waals surface area contributed by atoms with Gasteiger partial charge in [0.1, 0.15) is 0 Å². The molecule has 1 atom stereocenters. The normalized spacial score (nSPS) is 25.9. The molecule has 1 nitrogen and oxygen atoms in total. The van der Waals surface area contributed by atoms with Gasteiger partial charge in [-0.15, -0.1) is 0 Å². The van der Waals surface area contributed by atoms with Crippen LogP contribution in [0.4, 0.5) is 5.69 Å². The SMILES string of the molecule is CC/C=C1\C(C)(CC)CC=C(c2ccc(NC)cc2)C1(C)C. The molecule has 1 unspecified atom stereocenters. The molecule has 0 bridgehead atoms. The Morgan fingerprint density at radius 1 is 1.09 bits per heavy atom. The van der Waals surface area contributed by atoms with E-state index in [2.05, 4.69) is 76.4 Å². The van der Waals surface area contributed by atoms with E-state index >= 15 is 0 Å². The summed E-state index contributed by atoms with van der Waals surface area (Å²) in [5, 5.41) is 3.20. The van der Waals surface area contributed by atoms with Gasteiger partial charge in [0, 0.05) is 18.2 Å². The maximum absolute atomic E-state index is 3.20. The average Bonchev–Trinajstić information content (AvgIpc) is 2.51. The smallest absolute Gasteiger partial charge is 0.0337 e. The molecule has 1 aromatic rings. The summed E-state index contributed by atoms with van der Waals surface area (Å²) in [6.45, 7) is 11.8. The first kappa shape index (κ1) is 16.9. The van der Waals surface area contributed by atoms with Crippen molar-refractivity contribution >= 4 is 11.3 Å². The molecule has 0 fully saturated rings. The number of rotatable bonds is 4. The van der Waals surface area contributed by atoms with Crippen molar-refractivity contribution in [2.75, 3.05) is 12.4 Å². The van der Waals surface area contributed by atoms with E-state index in [4.69, 9.17) is 0 Å². The van der Waals surface area contributed by atoms with Crippen LogP contribution in [0.3, 0.4) is 0 Å². The summed E-state index contributed by atoms with van der Waals surface area (Å²) < 4.78 is 0. The van der Waals surface area contributed by atoms with Crippen LogP contribution in [-0.2, 0) is 0 Å². The standard InChI is InChI=1S/C21H31N/c1-7-9-19-20(3,4)18(14-15-21(19,5)8-2)16-10-12-17(22-6)13-11-16/h9-14,22H,7-8,15H2,1-6H3/b19-9-. The maximum Gasteiger partial charge on any atom is 0.0337 e. The summed E-state index contributed by atoms with van der Waals surface area (Å²) in [4.78, 5) is 0. The maximum atomic E-state index is 3.20. The summed E-state index contributed by atoms with van der Waals surface area (Å²) in [6, 6.07) is 8.83. The van der Waals surface area contributed by atoms with Gasteiger partial charge in [-0.1, -0.05) is 64.5 Å². The topological polar surface area (TPSA) is 12.0 Å². The van der Waals surface area contributed by atoms with Crippen molar-refractivity contribution in [3.8, 4) is 0 Å². The highest BCUT2D eigenvalue weighted by Gasteiger charge is 2.41. The molecule has 0 amide bonds. The van der Waals surface area contributed by atoms with E-state index in [1.807, 2.05) is 7.05 Å². The fourth-order valence-electron chi connectivity index (χ4n) is 3.93. The van der Waals surface area contributed by atoms with Crippen LogP contribution in [0.2, 0.25) is 0 Å². The highest BCUT2D eigenvalue weighted by Crippen LogP contribution is 2.55. The van der Waals surface area contributed by atoms with Gasteiger partial charge >= 0.3 is 0 Å². The number of nitrogens with one attached hydrogen (secondary N) is 1. The second-order valence-electron chi connectivity index (χ2n) is 7.21. The van der Waals surface area contributed by atoms with Crippen molar-refractivity contribution in [2.45, 2.75) is 53.9 Å². The van der Waals surface area contributed by atoms with Gasteiger partial charge in [0.15, 0.2) is 0 Å². The Bertz CT molecular complexity index is 574. The largest absolute Gasteiger partial charge is 0.388 e. The summed E-state index contributed by atoms with van der Waals surface area (Å²) in [7, 11) is 1.97. The third-order valence-electron chi connectivity index (χ3n) is 5.43. The Kier molecular flexibility index (Phi) is 4.84. The van der Waals surface area contributed by atoms with Gasteiger partial charge in [0.2, 0.25) is 0 Å². The van der Waals surface area contributed by atoms with Crippen molar-refractivity contribution < 1.29 is 0 Å². The molecule has 0 aromatic heterocycles. The third-order valence-corrected chi connectivity index (χ3v) is 5.43. The van der Waals surface area contributed by atoms with Gasteiger partial charge in [0.05, 0.1) is 0 Å². The molecule has 0 heterocycles. The predicted octanol–water partition coefficient (Wildman–Crippen LogP) is 6.29. The highest BCUT2D eigenvalue weighted by atomic mass is 14.8. The number of allylic oxidation sites excluding steroid dienone is 4. The Balaban J connectivity index is 2.50. The number of hydrogen-bond acceptors (Lipinski definition) is 1. The Hall–Kier alpha value is -1.50. The zero-order chi connectivity index (χ0) is 16.4. The van der Waals surface area contributed by atoms with Crippen molar-refractivity contribution in [1.29, 1.82) is 0 Å². The first-order valence-corrected chi connectivity index (χ1v) is 8.59. The fraction of sp³-hybridized carbons (Fsp3) is 0.524. The molecule has 22 heavy (non-hydrogen) atoms. The van der Waals surface area contributed by atoms with Crippen LogP contribution in [0.1, 0.15) is 59.4 Å². The predicted molar refractivity (Wildman–Crippen MR) is 99.1 cm³/mol. The molecular weight excluding hydrogens is 266 g/mol. The van der Waals surface area contributed by atoms with Gasteiger partial charge in [0.25, 0.3) is 0 Å². The molecular formula is C21H31N. The van der Waals surface area contributed by atoms with E-state index in [1.165, 1.54) is 23.2 Å². The lowest BCUT2D eigenvalue weighted by Crippen LogP contribution is -2.33. The summed E-state index contributed by atoms with van der Waals surface area (Å²) in [5.41, 5.74) is 6.00. The molecule has 0 spiro atoms. The van der Waals surface area contributed by atoms with Crippen LogP contribution in [0.15, 0.2) is 42.0 Å². The Morgan fingerprint density at radius 2 is 1.73 bits per heavy atom. The zero-order valence-electron chi connectivity index (χ0n) is 15.1. The van der Waals surface area contributed by atoms with Crippen LogP contribution in [0.5, 0.6) is 0 Å². The Labute approximate surface area is 136 Å². The second-order valence-corrected chi connectivity index (χ2v) is 7.21. The van der Waals surface area contributed by atoms with E-state index < -0.39 is 0 Å². The molecule has 120 valence electrons. The number of hydrogen-bond donors (Lipinski definition) is 1. The third kappa shape index (κ3) is 2.86. The van der Waals surface area contributed by atoms with Crippen molar-refractivity contribution in [2.24, 2.45) is 10.8 Å². The highest BCUT2D eigenvalue weighted by molar-refractivity contribution is 5.75. The zero-order valence-corrected chi connectivity index (χ0v) is 15.1. The van der Waals surface area contributed by atoms with Crippen LogP contribution in [0, 0.1) is 10.8 Å². The molecule has 1 aliphatic rings. The quantitative estimate of drug-likeness (QED) is 0.643. The summed E-state index contributed by atoms with van der Waals surface area (Å²) in [5.74, 6) is 0. The minimum absolute atomic E-state index is 0.0974. The molecule has 0 saturated carbocycles. The molecule has 1 heteroatoms. The molecule has 1 N–H and O–H groups in total. The fourth-order valence-corrected chi connectivity index (χ4v) is 3.93. The van der Waals surface area contributed by atoms with E-state index in [-0.39, 0.29) is 5.41 Å². The van der Waals surface area contributed by atoms with Gasteiger partial charge < -0.3 is 5.32 Å². The lowest BCUT2D eigenvalue weighted by molar-refractivity contribution is 0.310. The second kappa shape index (κ2) is 6.32. The van der Waals surface area contributed by atoms with E-state index in [1.54, 1.807) is 5.57 Å².